The van der Waals surface area contributed by atoms with Gasteiger partial charge in [-0.1, -0.05) is 24.0 Å². The van der Waals surface area contributed by atoms with Gasteiger partial charge in [-0.3, -0.25) is 24.6 Å². The number of carbonyl (C=O) groups excluding carboxylic acids is 3. The molecule has 0 radical (unpaired) electrons. The number of carbonyl (C=O) groups is 3. The van der Waals surface area contributed by atoms with Crippen molar-refractivity contribution in [1.29, 1.82) is 0 Å². The lowest BCUT2D eigenvalue weighted by atomic mass is 10.3. The van der Waals surface area contributed by atoms with E-state index in [9.17, 15) is 14.4 Å². The van der Waals surface area contributed by atoms with E-state index in [0.29, 0.717) is 15.3 Å². The molecule has 1 aliphatic rings. The average molecular weight is 344 g/mol. The fraction of sp³-hybridized carbons (Fsp3) is 0.455. The second kappa shape index (κ2) is 6.58. The lowest BCUT2D eigenvalue weighted by Crippen LogP contribution is -2.37. The monoisotopic (exact) mass is 344 g/mol. The molecule has 2 heterocycles. The highest BCUT2D eigenvalue weighted by atomic mass is 32.2. The highest BCUT2D eigenvalue weighted by Crippen LogP contribution is 2.26. The van der Waals surface area contributed by atoms with E-state index < -0.39 is 5.91 Å². The molecule has 21 heavy (non-hydrogen) atoms. The van der Waals surface area contributed by atoms with Gasteiger partial charge in [0.2, 0.25) is 16.9 Å². The molecule has 0 aromatic carbocycles. The summed E-state index contributed by atoms with van der Waals surface area (Å²) < 4.78 is 4.37. The fourth-order valence-electron chi connectivity index (χ4n) is 1.62. The van der Waals surface area contributed by atoms with Gasteiger partial charge in [-0.2, -0.15) is 4.37 Å². The molecule has 1 atom stereocenters. The molecule has 1 saturated heterocycles. The first kappa shape index (κ1) is 16.0. The molecule has 0 saturated carbocycles. The maximum Gasteiger partial charge on any atom is 0.246 e. The SMILES string of the molecule is CC(=O)Cc1nsc(NC(=O)CN2C(=O)C(C)SC2=S)n1. The van der Waals surface area contributed by atoms with Gasteiger partial charge in [0.25, 0.3) is 0 Å². The Hall–Kier alpha value is -1.39. The Kier molecular flexibility index (Phi) is 5.01. The first-order chi connectivity index (χ1) is 9.86. The maximum atomic E-state index is 11.9. The second-order valence-corrected chi connectivity index (χ2v) is 7.12. The number of Topliss-reactive ketones (excluding diaryl/α,β-unsaturated/α-hetero) is 1. The summed E-state index contributed by atoms with van der Waals surface area (Å²) in [6.45, 7) is 3.05. The van der Waals surface area contributed by atoms with Crippen molar-refractivity contribution in [3.63, 3.8) is 0 Å². The molecular weight excluding hydrogens is 332 g/mol. The number of rotatable bonds is 5. The third-order valence-corrected chi connectivity index (χ3v) is 4.69. The summed E-state index contributed by atoms with van der Waals surface area (Å²) in [6, 6.07) is 0. The van der Waals surface area contributed by atoms with E-state index in [1.165, 1.54) is 23.6 Å². The van der Waals surface area contributed by atoms with Crippen LogP contribution in [0.5, 0.6) is 0 Å². The molecule has 0 bridgehead atoms. The van der Waals surface area contributed by atoms with Crippen LogP contribution in [-0.4, -0.2) is 48.0 Å². The summed E-state index contributed by atoms with van der Waals surface area (Å²) in [5, 5.41) is 2.60. The molecule has 2 amide bonds. The highest BCUT2D eigenvalue weighted by Gasteiger charge is 2.34. The fourth-order valence-corrected chi connectivity index (χ4v) is 3.62. The minimum absolute atomic E-state index is 0.0512. The largest absolute Gasteiger partial charge is 0.300 e. The van der Waals surface area contributed by atoms with Crippen molar-refractivity contribution in [3.8, 4) is 0 Å². The molecule has 0 aliphatic carbocycles. The summed E-state index contributed by atoms with van der Waals surface area (Å²) in [4.78, 5) is 40.0. The van der Waals surface area contributed by atoms with E-state index in [1.54, 1.807) is 6.92 Å². The van der Waals surface area contributed by atoms with Crippen LogP contribution >= 0.6 is 35.5 Å². The topological polar surface area (TPSA) is 92.3 Å². The van der Waals surface area contributed by atoms with E-state index in [1.807, 2.05) is 0 Å². The highest BCUT2D eigenvalue weighted by molar-refractivity contribution is 8.24. The maximum absolute atomic E-state index is 11.9. The van der Waals surface area contributed by atoms with Crippen LogP contribution in [0, 0.1) is 0 Å². The summed E-state index contributed by atoms with van der Waals surface area (Å²) in [5.41, 5.74) is 0. The summed E-state index contributed by atoms with van der Waals surface area (Å²) in [6.07, 6.45) is 0.134. The number of hydrogen-bond donors (Lipinski definition) is 1. The van der Waals surface area contributed by atoms with Crippen LogP contribution < -0.4 is 5.32 Å². The van der Waals surface area contributed by atoms with E-state index in [4.69, 9.17) is 12.2 Å². The predicted molar refractivity (Wildman–Crippen MR) is 84.3 cm³/mol. The third kappa shape index (κ3) is 4.05. The van der Waals surface area contributed by atoms with Crippen LogP contribution in [0.4, 0.5) is 5.13 Å². The Morgan fingerprint density at radius 3 is 2.76 bits per heavy atom. The van der Waals surface area contributed by atoms with Gasteiger partial charge in [0, 0.05) is 11.5 Å². The number of nitrogens with one attached hydrogen (secondary N) is 1. The number of thiocarbonyl (C=S) groups is 1. The van der Waals surface area contributed by atoms with Crippen LogP contribution in [0.2, 0.25) is 0 Å². The van der Waals surface area contributed by atoms with Gasteiger partial charge in [-0.05, 0) is 13.8 Å². The minimum Gasteiger partial charge on any atom is -0.300 e. The molecule has 2 rings (SSSR count). The van der Waals surface area contributed by atoms with Crippen molar-refractivity contribution in [3.05, 3.63) is 5.82 Å². The molecule has 1 N–H and O–H groups in total. The molecule has 1 aliphatic heterocycles. The van der Waals surface area contributed by atoms with Gasteiger partial charge in [0.1, 0.15) is 16.6 Å². The van der Waals surface area contributed by atoms with Crippen LogP contribution in [0.25, 0.3) is 0 Å². The van der Waals surface area contributed by atoms with Crippen LogP contribution in [0.1, 0.15) is 19.7 Å². The summed E-state index contributed by atoms with van der Waals surface area (Å²) in [5.74, 6) is -0.245. The van der Waals surface area contributed by atoms with E-state index >= 15 is 0 Å². The van der Waals surface area contributed by atoms with Gasteiger partial charge in [0.05, 0.1) is 11.7 Å². The number of anilines is 1. The molecule has 7 nitrogen and oxygen atoms in total. The first-order valence-corrected chi connectivity index (χ1v) is 8.07. The van der Waals surface area contributed by atoms with Gasteiger partial charge < -0.3 is 0 Å². The number of ketones is 1. The van der Waals surface area contributed by atoms with E-state index in [-0.39, 0.29) is 29.9 Å². The normalized spacial score (nSPS) is 18.2. The molecule has 1 aromatic rings. The van der Waals surface area contributed by atoms with Crippen LogP contribution in [-0.2, 0) is 20.8 Å². The molecule has 10 heteroatoms. The van der Waals surface area contributed by atoms with Crippen LogP contribution in [0.3, 0.4) is 0 Å². The Balaban J connectivity index is 1.93. The summed E-state index contributed by atoms with van der Waals surface area (Å²) in [7, 11) is 0. The Morgan fingerprint density at radius 1 is 1.48 bits per heavy atom. The van der Waals surface area contributed by atoms with Crippen molar-refractivity contribution < 1.29 is 14.4 Å². The quantitative estimate of drug-likeness (QED) is 0.792. The molecule has 0 spiro atoms. The number of thioether (sulfide) groups is 1. The predicted octanol–water partition coefficient (Wildman–Crippen LogP) is 0.857. The lowest BCUT2D eigenvalue weighted by molar-refractivity contribution is -0.129. The standard InChI is InChI=1S/C11H12N4O3S3/c1-5(16)3-7-12-10(21-14-7)13-8(17)4-15-9(18)6(2)20-11(15)19/h6H,3-4H2,1-2H3,(H,12,13,14,17). The van der Waals surface area contributed by atoms with E-state index in [0.717, 1.165) is 11.5 Å². The molecule has 1 fully saturated rings. The first-order valence-electron chi connectivity index (χ1n) is 6.00. The molecular formula is C11H12N4O3S3. The van der Waals surface area contributed by atoms with Crippen molar-refractivity contribution >= 4 is 62.6 Å². The zero-order chi connectivity index (χ0) is 15.6. The van der Waals surface area contributed by atoms with E-state index in [2.05, 4.69) is 14.7 Å². The molecule has 1 aromatic heterocycles. The van der Waals surface area contributed by atoms with Gasteiger partial charge in [0.15, 0.2) is 5.82 Å². The number of aromatic nitrogens is 2. The van der Waals surface area contributed by atoms with Crippen molar-refractivity contribution in [1.82, 2.24) is 14.3 Å². The second-order valence-electron chi connectivity index (χ2n) is 4.39. The number of amides is 2. The number of nitrogens with zero attached hydrogens (tertiary/aromatic N) is 3. The number of hydrogen-bond acceptors (Lipinski definition) is 8. The zero-order valence-corrected chi connectivity index (χ0v) is 13.7. The Labute approximate surface area is 134 Å². The lowest BCUT2D eigenvalue weighted by Gasteiger charge is -2.13. The Bertz CT molecular complexity index is 616. The molecule has 112 valence electrons. The van der Waals surface area contributed by atoms with Crippen molar-refractivity contribution in [2.45, 2.75) is 25.5 Å². The van der Waals surface area contributed by atoms with Crippen LogP contribution in [0.15, 0.2) is 0 Å². The van der Waals surface area contributed by atoms with Gasteiger partial charge in [-0.15, -0.1) is 0 Å². The molecule has 1 unspecified atom stereocenters. The van der Waals surface area contributed by atoms with Crippen molar-refractivity contribution in [2.75, 3.05) is 11.9 Å². The average Bonchev–Trinajstić information content (AvgIpc) is 2.89. The minimum atomic E-state index is -0.397. The zero-order valence-electron chi connectivity index (χ0n) is 11.3. The summed E-state index contributed by atoms with van der Waals surface area (Å²) >= 11 is 7.31. The third-order valence-electron chi connectivity index (χ3n) is 2.53. The van der Waals surface area contributed by atoms with Gasteiger partial charge in [-0.25, -0.2) is 4.98 Å². The van der Waals surface area contributed by atoms with Crippen molar-refractivity contribution in [2.24, 2.45) is 0 Å². The van der Waals surface area contributed by atoms with Gasteiger partial charge >= 0.3 is 0 Å². The smallest absolute Gasteiger partial charge is 0.246 e. The Morgan fingerprint density at radius 2 is 2.19 bits per heavy atom.